The Kier molecular flexibility index (Phi) is 9.43. The molecule has 2 aromatic carbocycles. The van der Waals surface area contributed by atoms with E-state index in [4.69, 9.17) is 14.2 Å². The fourth-order valence-electron chi connectivity index (χ4n) is 3.20. The van der Waals surface area contributed by atoms with Gasteiger partial charge in [-0.15, -0.1) is 0 Å². The second-order valence-corrected chi connectivity index (χ2v) is 8.65. The molecule has 0 radical (unpaired) electrons. The molecule has 0 aliphatic heterocycles. The van der Waals surface area contributed by atoms with Gasteiger partial charge in [-0.1, -0.05) is 0 Å². The molecule has 3 N–H and O–H groups in total. The molecule has 0 aliphatic rings. The Bertz CT molecular complexity index is 891. The van der Waals surface area contributed by atoms with E-state index in [1.165, 1.54) is 0 Å². The van der Waals surface area contributed by atoms with Crippen LogP contribution in [0.2, 0.25) is 0 Å². The molecule has 0 bridgehead atoms. The van der Waals surface area contributed by atoms with Crippen molar-refractivity contribution in [1.82, 2.24) is 10.6 Å². The fraction of sp³-hybridized carbons (Fsp3) is 0.458. The van der Waals surface area contributed by atoms with Crippen LogP contribution in [0.25, 0.3) is 0 Å². The SMILES string of the molecule is COc1cc(CNC[C@@H](O)[C@H](Cc2cc(F)cc(F)c2)NC(=O)OC(C)(C)C)cc(OC)c1. The summed E-state index contributed by atoms with van der Waals surface area (Å²) in [5.41, 5.74) is 0.418. The van der Waals surface area contributed by atoms with E-state index in [0.29, 0.717) is 23.6 Å². The van der Waals surface area contributed by atoms with Crippen molar-refractivity contribution in [2.24, 2.45) is 0 Å². The second-order valence-electron chi connectivity index (χ2n) is 8.65. The van der Waals surface area contributed by atoms with Gasteiger partial charge in [0, 0.05) is 25.2 Å². The summed E-state index contributed by atoms with van der Waals surface area (Å²) >= 11 is 0. The van der Waals surface area contributed by atoms with Crippen molar-refractivity contribution >= 4 is 6.09 Å². The summed E-state index contributed by atoms with van der Waals surface area (Å²) in [5, 5.41) is 16.5. The highest BCUT2D eigenvalue weighted by atomic mass is 19.1. The van der Waals surface area contributed by atoms with E-state index in [9.17, 15) is 18.7 Å². The topological polar surface area (TPSA) is 89.1 Å². The van der Waals surface area contributed by atoms with Crippen molar-refractivity contribution in [3.05, 3.63) is 59.2 Å². The van der Waals surface area contributed by atoms with Crippen molar-refractivity contribution in [2.75, 3.05) is 20.8 Å². The summed E-state index contributed by atoms with van der Waals surface area (Å²) in [6.45, 7) is 5.62. The van der Waals surface area contributed by atoms with Crippen molar-refractivity contribution in [1.29, 1.82) is 0 Å². The highest BCUT2D eigenvalue weighted by Crippen LogP contribution is 2.22. The van der Waals surface area contributed by atoms with E-state index in [0.717, 1.165) is 23.8 Å². The first kappa shape index (κ1) is 26.3. The largest absolute Gasteiger partial charge is 0.497 e. The van der Waals surface area contributed by atoms with E-state index < -0.39 is 35.5 Å². The zero-order valence-electron chi connectivity index (χ0n) is 19.6. The first-order chi connectivity index (χ1) is 15.5. The number of aliphatic hydroxyl groups excluding tert-OH is 1. The van der Waals surface area contributed by atoms with Crippen molar-refractivity contribution < 1.29 is 32.9 Å². The summed E-state index contributed by atoms with van der Waals surface area (Å²) in [4.78, 5) is 12.3. The molecule has 1 amide bonds. The molecule has 0 fully saturated rings. The first-order valence-corrected chi connectivity index (χ1v) is 10.5. The third-order valence-corrected chi connectivity index (χ3v) is 4.64. The number of aliphatic hydroxyl groups is 1. The molecule has 0 heterocycles. The minimum absolute atomic E-state index is 0.00372. The van der Waals surface area contributed by atoms with Gasteiger partial charge in [0.2, 0.25) is 0 Å². The Hall–Kier alpha value is -2.91. The lowest BCUT2D eigenvalue weighted by molar-refractivity contribution is 0.0422. The molecular weight excluding hydrogens is 434 g/mol. The van der Waals surface area contributed by atoms with Gasteiger partial charge < -0.3 is 30.0 Å². The van der Waals surface area contributed by atoms with Gasteiger partial charge in [-0.2, -0.15) is 0 Å². The Morgan fingerprint density at radius 1 is 0.970 bits per heavy atom. The maximum atomic E-state index is 13.6. The number of alkyl carbamates (subject to hydrolysis) is 1. The standard InChI is InChI=1S/C24H32F2N2O5/c1-24(2,3)33-23(30)28-21(10-15-6-17(25)11-18(26)7-15)22(29)14-27-13-16-8-19(31-4)12-20(9-16)32-5/h6-9,11-12,21-22,27,29H,10,13-14H2,1-5H3,(H,28,30)/t21-,22+/m0/s1. The lowest BCUT2D eigenvalue weighted by Crippen LogP contribution is -2.49. The van der Waals surface area contributed by atoms with Crippen molar-refractivity contribution in [3.63, 3.8) is 0 Å². The number of amides is 1. The number of hydrogen-bond acceptors (Lipinski definition) is 6. The molecule has 0 saturated carbocycles. The molecule has 0 unspecified atom stereocenters. The zero-order valence-corrected chi connectivity index (χ0v) is 19.6. The number of nitrogens with one attached hydrogen (secondary N) is 2. The fourth-order valence-corrected chi connectivity index (χ4v) is 3.20. The highest BCUT2D eigenvalue weighted by molar-refractivity contribution is 5.68. The summed E-state index contributed by atoms with van der Waals surface area (Å²) in [6, 6.07) is 7.64. The van der Waals surface area contributed by atoms with Gasteiger partial charge in [-0.05, 0) is 62.6 Å². The van der Waals surface area contributed by atoms with Gasteiger partial charge in [0.25, 0.3) is 0 Å². The van der Waals surface area contributed by atoms with Crippen LogP contribution in [-0.2, 0) is 17.7 Å². The van der Waals surface area contributed by atoms with Crippen LogP contribution in [0.1, 0.15) is 31.9 Å². The Morgan fingerprint density at radius 2 is 1.55 bits per heavy atom. The number of ether oxygens (including phenoxy) is 3. The van der Waals surface area contributed by atoms with Crippen LogP contribution in [0.5, 0.6) is 11.5 Å². The van der Waals surface area contributed by atoms with E-state index in [2.05, 4.69) is 10.6 Å². The molecule has 2 aromatic rings. The van der Waals surface area contributed by atoms with E-state index in [1.807, 2.05) is 12.1 Å². The molecule has 182 valence electrons. The first-order valence-electron chi connectivity index (χ1n) is 10.5. The predicted molar refractivity (Wildman–Crippen MR) is 120 cm³/mol. The number of rotatable bonds is 10. The van der Waals surface area contributed by atoms with E-state index in [1.54, 1.807) is 41.1 Å². The molecule has 0 aromatic heterocycles. The Labute approximate surface area is 193 Å². The summed E-state index contributed by atoms with van der Waals surface area (Å²) in [7, 11) is 3.11. The molecule has 9 heteroatoms. The minimum Gasteiger partial charge on any atom is -0.497 e. The highest BCUT2D eigenvalue weighted by Gasteiger charge is 2.25. The van der Waals surface area contributed by atoms with Crippen molar-refractivity contribution in [2.45, 2.75) is 51.5 Å². The number of hydrogen-bond donors (Lipinski definition) is 3. The van der Waals surface area contributed by atoms with Gasteiger partial charge in [-0.3, -0.25) is 0 Å². The average molecular weight is 467 g/mol. The monoisotopic (exact) mass is 466 g/mol. The van der Waals surface area contributed by atoms with Gasteiger partial charge in [0.1, 0.15) is 28.7 Å². The molecule has 2 atom stereocenters. The summed E-state index contributed by atoms with van der Waals surface area (Å²) in [6.07, 6.45) is -1.80. The molecule has 0 aliphatic carbocycles. The smallest absolute Gasteiger partial charge is 0.407 e. The zero-order chi connectivity index (χ0) is 24.6. The maximum Gasteiger partial charge on any atom is 0.407 e. The maximum absolute atomic E-state index is 13.6. The molecule has 2 rings (SSSR count). The van der Waals surface area contributed by atoms with Gasteiger partial charge in [-0.25, -0.2) is 13.6 Å². The van der Waals surface area contributed by atoms with Crippen LogP contribution in [0.15, 0.2) is 36.4 Å². The van der Waals surface area contributed by atoms with Crippen LogP contribution >= 0.6 is 0 Å². The quantitative estimate of drug-likeness (QED) is 0.496. The van der Waals surface area contributed by atoms with E-state index in [-0.39, 0.29) is 13.0 Å². The number of benzene rings is 2. The van der Waals surface area contributed by atoms with Gasteiger partial charge in [0.15, 0.2) is 0 Å². The van der Waals surface area contributed by atoms with Gasteiger partial charge in [0.05, 0.1) is 26.4 Å². The van der Waals surface area contributed by atoms with Crippen LogP contribution in [0, 0.1) is 11.6 Å². The van der Waals surface area contributed by atoms with E-state index >= 15 is 0 Å². The van der Waals surface area contributed by atoms with Crippen LogP contribution in [0.4, 0.5) is 13.6 Å². The minimum atomic E-state index is -1.07. The number of methoxy groups -OCH3 is 2. The summed E-state index contributed by atoms with van der Waals surface area (Å²) < 4.78 is 43.0. The van der Waals surface area contributed by atoms with Crippen LogP contribution in [-0.4, -0.2) is 49.7 Å². The second kappa shape index (κ2) is 11.8. The molecule has 33 heavy (non-hydrogen) atoms. The Morgan fingerprint density at radius 3 is 2.06 bits per heavy atom. The number of halogens is 2. The Balaban J connectivity index is 2.08. The third-order valence-electron chi connectivity index (χ3n) is 4.64. The lowest BCUT2D eigenvalue weighted by atomic mass is 10.0. The predicted octanol–water partition coefficient (Wildman–Crippen LogP) is 3.57. The molecular formula is C24H32F2N2O5. The van der Waals surface area contributed by atoms with Crippen molar-refractivity contribution in [3.8, 4) is 11.5 Å². The number of carbonyl (C=O) groups excluding carboxylic acids is 1. The molecule has 0 spiro atoms. The molecule has 0 saturated heterocycles. The van der Waals surface area contributed by atoms with Gasteiger partial charge >= 0.3 is 6.09 Å². The third kappa shape index (κ3) is 9.23. The van der Waals surface area contributed by atoms with Crippen LogP contribution in [0.3, 0.4) is 0 Å². The average Bonchev–Trinajstić information content (AvgIpc) is 2.70. The number of carbonyl (C=O) groups is 1. The molecule has 7 nitrogen and oxygen atoms in total. The normalized spacial score (nSPS) is 13.2. The summed E-state index contributed by atoms with van der Waals surface area (Å²) in [5.74, 6) is -0.213. The lowest BCUT2D eigenvalue weighted by Gasteiger charge is -2.27. The van der Waals surface area contributed by atoms with Crippen LogP contribution < -0.4 is 20.1 Å².